The highest BCUT2D eigenvalue weighted by Gasteiger charge is 2.27. The van der Waals surface area contributed by atoms with Crippen molar-refractivity contribution < 1.29 is 5.11 Å². The van der Waals surface area contributed by atoms with Crippen molar-refractivity contribution in [3.8, 4) is 0 Å². The Morgan fingerprint density at radius 3 is 2.45 bits per heavy atom. The zero-order valence-electron chi connectivity index (χ0n) is 12.7. The van der Waals surface area contributed by atoms with Crippen molar-refractivity contribution >= 4 is 11.6 Å². The fraction of sp³-hybridized carbons (Fsp3) is 0.733. The fourth-order valence-electron chi connectivity index (χ4n) is 2.07. The maximum atomic E-state index is 9.07. The number of aromatic nitrogens is 2. The first-order valence-electron chi connectivity index (χ1n) is 7.51. The van der Waals surface area contributed by atoms with Crippen LogP contribution in [0.25, 0.3) is 0 Å². The first-order chi connectivity index (χ1) is 9.54. The molecule has 2 rings (SSSR count). The molecule has 1 aliphatic rings. The van der Waals surface area contributed by atoms with Gasteiger partial charge in [-0.3, -0.25) is 0 Å². The van der Waals surface area contributed by atoms with E-state index in [1.54, 1.807) is 0 Å². The van der Waals surface area contributed by atoms with Gasteiger partial charge in [-0.05, 0) is 31.6 Å². The fourth-order valence-corrected chi connectivity index (χ4v) is 2.07. The number of hydrogen-bond acceptors (Lipinski definition) is 5. The van der Waals surface area contributed by atoms with E-state index in [1.165, 1.54) is 12.8 Å². The third-order valence-electron chi connectivity index (χ3n) is 3.58. The van der Waals surface area contributed by atoms with Gasteiger partial charge < -0.3 is 15.7 Å². The molecular weight excluding hydrogens is 252 g/mol. The van der Waals surface area contributed by atoms with Crippen LogP contribution in [0.2, 0.25) is 0 Å². The van der Waals surface area contributed by atoms with E-state index in [-0.39, 0.29) is 12.0 Å². The van der Waals surface area contributed by atoms with Gasteiger partial charge >= 0.3 is 0 Å². The first kappa shape index (κ1) is 15.0. The lowest BCUT2D eigenvalue weighted by Crippen LogP contribution is -2.25. The zero-order chi connectivity index (χ0) is 14.6. The van der Waals surface area contributed by atoms with Crippen molar-refractivity contribution in [1.82, 2.24) is 9.97 Å². The highest BCUT2D eigenvalue weighted by atomic mass is 16.3. The minimum atomic E-state index is 0.0534. The normalized spacial score (nSPS) is 15.2. The Labute approximate surface area is 121 Å². The summed E-state index contributed by atoms with van der Waals surface area (Å²) in [5.41, 5.74) is 0.0534. The third kappa shape index (κ3) is 4.34. The van der Waals surface area contributed by atoms with E-state index in [0.717, 1.165) is 37.0 Å². The van der Waals surface area contributed by atoms with Gasteiger partial charge in [-0.25, -0.2) is 9.97 Å². The molecule has 1 heterocycles. The highest BCUT2D eigenvalue weighted by molar-refractivity contribution is 5.48. The Balaban J connectivity index is 2.06. The topological polar surface area (TPSA) is 70.1 Å². The molecule has 0 radical (unpaired) electrons. The Morgan fingerprint density at radius 2 is 1.90 bits per heavy atom. The van der Waals surface area contributed by atoms with Gasteiger partial charge in [0.15, 0.2) is 0 Å². The van der Waals surface area contributed by atoms with Crippen LogP contribution in [0.4, 0.5) is 11.6 Å². The summed E-state index contributed by atoms with van der Waals surface area (Å²) in [6.07, 6.45) is 3.18. The molecule has 0 saturated heterocycles. The molecule has 0 bridgehead atoms. The monoisotopic (exact) mass is 278 g/mol. The summed E-state index contributed by atoms with van der Waals surface area (Å²) in [6.45, 7) is 8.22. The zero-order valence-corrected chi connectivity index (χ0v) is 12.7. The van der Waals surface area contributed by atoms with Crippen molar-refractivity contribution in [1.29, 1.82) is 0 Å². The largest absolute Gasteiger partial charge is 0.396 e. The molecule has 112 valence electrons. The molecule has 20 heavy (non-hydrogen) atoms. The molecule has 1 aromatic rings. The van der Waals surface area contributed by atoms with E-state index in [2.05, 4.69) is 41.4 Å². The number of nitrogens with one attached hydrogen (secondary N) is 2. The van der Waals surface area contributed by atoms with E-state index >= 15 is 0 Å². The minimum Gasteiger partial charge on any atom is -0.396 e. The van der Waals surface area contributed by atoms with Crippen LogP contribution >= 0.6 is 0 Å². The van der Waals surface area contributed by atoms with E-state index in [4.69, 9.17) is 5.11 Å². The van der Waals surface area contributed by atoms with Crippen molar-refractivity contribution in [2.24, 2.45) is 5.41 Å². The summed E-state index contributed by atoms with van der Waals surface area (Å²) in [5, 5.41) is 15.7. The second kappa shape index (κ2) is 6.39. The van der Waals surface area contributed by atoms with Crippen molar-refractivity contribution in [2.45, 2.75) is 46.0 Å². The molecule has 1 aromatic heterocycles. The van der Waals surface area contributed by atoms with Crippen LogP contribution in [0.5, 0.6) is 0 Å². The molecule has 1 saturated carbocycles. The van der Waals surface area contributed by atoms with Crippen LogP contribution in [-0.4, -0.2) is 34.8 Å². The van der Waals surface area contributed by atoms with Crippen molar-refractivity contribution in [3.63, 3.8) is 0 Å². The average Bonchev–Trinajstić information content (AvgIpc) is 3.21. The predicted molar refractivity (Wildman–Crippen MR) is 82.1 cm³/mol. The van der Waals surface area contributed by atoms with Gasteiger partial charge in [-0.15, -0.1) is 0 Å². The van der Waals surface area contributed by atoms with Crippen LogP contribution in [0.1, 0.15) is 51.8 Å². The number of aliphatic hydroxyl groups is 1. The molecule has 5 heteroatoms. The van der Waals surface area contributed by atoms with E-state index in [1.807, 2.05) is 6.07 Å². The molecule has 0 aliphatic heterocycles. The average molecular weight is 278 g/mol. The second-order valence-electron chi connectivity index (χ2n) is 6.29. The summed E-state index contributed by atoms with van der Waals surface area (Å²) in [5.74, 6) is 3.27. The summed E-state index contributed by atoms with van der Waals surface area (Å²) >= 11 is 0. The Hall–Kier alpha value is -1.36. The smallest absolute Gasteiger partial charge is 0.136 e. The number of nitrogens with zero attached hydrogens (tertiary/aromatic N) is 2. The molecule has 3 N–H and O–H groups in total. The number of hydrogen-bond donors (Lipinski definition) is 3. The minimum absolute atomic E-state index is 0.0534. The van der Waals surface area contributed by atoms with Gasteiger partial charge in [0.05, 0.1) is 0 Å². The Morgan fingerprint density at radius 1 is 1.25 bits per heavy atom. The molecular formula is C15H26N4O. The third-order valence-corrected chi connectivity index (χ3v) is 3.58. The molecule has 0 spiro atoms. The van der Waals surface area contributed by atoms with E-state index in [0.29, 0.717) is 5.92 Å². The second-order valence-corrected chi connectivity index (χ2v) is 6.29. The lowest BCUT2D eigenvalue weighted by atomic mass is 9.90. The summed E-state index contributed by atoms with van der Waals surface area (Å²) in [6, 6.07) is 1.96. The van der Waals surface area contributed by atoms with E-state index in [9.17, 15) is 0 Å². The van der Waals surface area contributed by atoms with Gasteiger partial charge in [-0.2, -0.15) is 0 Å². The molecule has 0 unspecified atom stereocenters. The number of anilines is 2. The standard InChI is InChI=1S/C15H26N4O/c1-4-16-12-9-13(17-10-15(2,3)7-8-20)19-14(18-12)11-5-6-11/h9,11,20H,4-8,10H2,1-3H3,(H2,16,17,18,19). The van der Waals surface area contributed by atoms with Gasteiger partial charge in [0, 0.05) is 31.7 Å². The summed E-state index contributed by atoms with van der Waals surface area (Å²) < 4.78 is 0. The Kier molecular flexibility index (Phi) is 4.81. The predicted octanol–water partition coefficient (Wildman–Crippen LogP) is 2.61. The van der Waals surface area contributed by atoms with Crippen LogP contribution < -0.4 is 10.6 Å². The van der Waals surface area contributed by atoms with Crippen LogP contribution in [-0.2, 0) is 0 Å². The van der Waals surface area contributed by atoms with E-state index < -0.39 is 0 Å². The van der Waals surface area contributed by atoms with Crippen LogP contribution in [0, 0.1) is 5.41 Å². The first-order valence-corrected chi connectivity index (χ1v) is 7.51. The maximum Gasteiger partial charge on any atom is 0.136 e. The molecule has 1 aliphatic carbocycles. The lowest BCUT2D eigenvalue weighted by Gasteiger charge is -2.24. The quantitative estimate of drug-likeness (QED) is 0.682. The molecule has 0 atom stereocenters. The van der Waals surface area contributed by atoms with Crippen LogP contribution in [0.3, 0.4) is 0 Å². The van der Waals surface area contributed by atoms with Gasteiger partial charge in [-0.1, -0.05) is 13.8 Å². The summed E-state index contributed by atoms with van der Waals surface area (Å²) in [4.78, 5) is 9.18. The van der Waals surface area contributed by atoms with Crippen molar-refractivity contribution in [2.75, 3.05) is 30.3 Å². The summed E-state index contributed by atoms with van der Waals surface area (Å²) in [7, 11) is 0. The Bertz CT molecular complexity index is 443. The van der Waals surface area contributed by atoms with Crippen molar-refractivity contribution in [3.05, 3.63) is 11.9 Å². The van der Waals surface area contributed by atoms with Gasteiger partial charge in [0.2, 0.25) is 0 Å². The molecule has 0 amide bonds. The molecule has 5 nitrogen and oxygen atoms in total. The molecule has 1 fully saturated rings. The lowest BCUT2D eigenvalue weighted by molar-refractivity contribution is 0.220. The maximum absolute atomic E-state index is 9.07. The highest BCUT2D eigenvalue weighted by Crippen LogP contribution is 2.38. The van der Waals surface area contributed by atoms with Gasteiger partial charge in [0.1, 0.15) is 17.5 Å². The van der Waals surface area contributed by atoms with Crippen LogP contribution in [0.15, 0.2) is 6.07 Å². The number of aliphatic hydroxyl groups excluding tert-OH is 1. The number of rotatable bonds is 8. The molecule has 0 aromatic carbocycles. The SMILES string of the molecule is CCNc1cc(NCC(C)(C)CCO)nc(C2CC2)n1. The van der Waals surface area contributed by atoms with Gasteiger partial charge in [0.25, 0.3) is 0 Å².